The van der Waals surface area contributed by atoms with Crippen LogP contribution in [0.15, 0.2) is 36.7 Å². The number of likely N-dealkylation sites (tertiary alicyclic amines) is 1. The fraction of sp³-hybridized carbons (Fsp3) is 0.353. The van der Waals surface area contributed by atoms with Crippen molar-refractivity contribution in [1.82, 2.24) is 14.7 Å². The Kier molecular flexibility index (Phi) is 4.44. The van der Waals surface area contributed by atoms with Crippen LogP contribution in [0.3, 0.4) is 0 Å². The molecule has 2 atom stereocenters. The van der Waals surface area contributed by atoms with Crippen LogP contribution in [0, 0.1) is 11.7 Å². The van der Waals surface area contributed by atoms with Crippen LogP contribution in [0.25, 0.3) is 0 Å². The minimum atomic E-state index is -1.11. The quantitative estimate of drug-likeness (QED) is 0.836. The lowest BCUT2D eigenvalue weighted by atomic mass is 10.0. The van der Waals surface area contributed by atoms with Gasteiger partial charge in [-0.25, -0.2) is 4.39 Å². The van der Waals surface area contributed by atoms with E-state index in [2.05, 4.69) is 5.10 Å². The van der Waals surface area contributed by atoms with Crippen LogP contribution in [0.2, 0.25) is 0 Å². The summed E-state index contributed by atoms with van der Waals surface area (Å²) in [5.74, 6) is -1.54. The Morgan fingerprint density at radius 1 is 1.42 bits per heavy atom. The Bertz CT molecular complexity index is 774. The molecule has 1 aromatic carbocycles. The molecule has 3 rings (SSSR count). The molecule has 6 nitrogen and oxygen atoms in total. The number of amides is 2. The Labute approximate surface area is 138 Å². The Morgan fingerprint density at radius 2 is 2.21 bits per heavy atom. The number of carbonyl (C=O) groups is 2. The number of aliphatic hydroxyl groups excluding tert-OH is 1. The van der Waals surface area contributed by atoms with Gasteiger partial charge in [-0.1, -0.05) is 12.1 Å². The first-order valence-corrected chi connectivity index (χ1v) is 7.69. The summed E-state index contributed by atoms with van der Waals surface area (Å²) in [5, 5.41) is 14.2. The maximum Gasteiger partial charge on any atom is 0.233 e. The molecule has 2 aromatic rings. The Balaban J connectivity index is 1.67. The standard InChI is InChI=1S/C17H18FN3O3/c1-20-9-11(8-19-20)5-13-7-16(23)21(17(13)24)10-15(22)12-3-2-4-14(18)6-12/h2-4,6,8-9,13,15,22H,5,7,10H2,1H3/t13-,15+/m0/s1. The summed E-state index contributed by atoms with van der Waals surface area (Å²) in [6.45, 7) is -0.162. The van der Waals surface area contributed by atoms with Gasteiger partial charge in [0.25, 0.3) is 0 Å². The zero-order valence-corrected chi connectivity index (χ0v) is 13.2. The van der Waals surface area contributed by atoms with E-state index in [1.54, 1.807) is 24.0 Å². The van der Waals surface area contributed by atoms with Crippen molar-refractivity contribution in [3.8, 4) is 0 Å². The van der Waals surface area contributed by atoms with E-state index in [1.807, 2.05) is 6.20 Å². The summed E-state index contributed by atoms with van der Waals surface area (Å²) in [7, 11) is 1.78. The molecule has 7 heteroatoms. The molecule has 0 aliphatic carbocycles. The monoisotopic (exact) mass is 331 g/mol. The maximum absolute atomic E-state index is 13.2. The van der Waals surface area contributed by atoms with Crippen molar-refractivity contribution >= 4 is 11.8 Å². The van der Waals surface area contributed by atoms with Gasteiger partial charge in [0, 0.05) is 19.7 Å². The topological polar surface area (TPSA) is 75.4 Å². The van der Waals surface area contributed by atoms with Crippen LogP contribution >= 0.6 is 0 Å². The van der Waals surface area contributed by atoms with Gasteiger partial charge in [0.2, 0.25) is 11.8 Å². The first kappa shape index (κ1) is 16.3. The molecule has 2 amide bonds. The molecule has 126 valence electrons. The zero-order chi connectivity index (χ0) is 17.3. The highest BCUT2D eigenvalue weighted by atomic mass is 19.1. The number of β-amino-alcohol motifs (C(OH)–C–C–N with tert-alkyl or cyclic N) is 1. The number of carbonyl (C=O) groups excluding carboxylic acids is 2. The normalized spacial score (nSPS) is 19.1. The molecular weight excluding hydrogens is 313 g/mol. The molecule has 0 bridgehead atoms. The zero-order valence-electron chi connectivity index (χ0n) is 13.2. The first-order valence-electron chi connectivity index (χ1n) is 7.69. The predicted octanol–water partition coefficient (Wildman–Crippen LogP) is 1.21. The van der Waals surface area contributed by atoms with Gasteiger partial charge in [-0.2, -0.15) is 5.10 Å². The van der Waals surface area contributed by atoms with Crippen molar-refractivity contribution in [3.63, 3.8) is 0 Å². The van der Waals surface area contributed by atoms with Crippen molar-refractivity contribution in [2.24, 2.45) is 13.0 Å². The molecule has 1 saturated heterocycles. The summed E-state index contributed by atoms with van der Waals surface area (Å²) < 4.78 is 14.9. The fourth-order valence-corrected chi connectivity index (χ4v) is 2.96. The predicted molar refractivity (Wildman–Crippen MR) is 83.1 cm³/mol. The fourth-order valence-electron chi connectivity index (χ4n) is 2.96. The van der Waals surface area contributed by atoms with E-state index in [9.17, 15) is 19.1 Å². The third kappa shape index (κ3) is 3.35. The van der Waals surface area contributed by atoms with Gasteiger partial charge in [-0.05, 0) is 29.7 Å². The molecule has 0 spiro atoms. The van der Waals surface area contributed by atoms with Crippen LogP contribution in [-0.4, -0.2) is 38.1 Å². The minimum absolute atomic E-state index is 0.115. The highest BCUT2D eigenvalue weighted by molar-refractivity contribution is 6.03. The molecule has 1 aliphatic heterocycles. The third-order valence-corrected chi connectivity index (χ3v) is 4.17. The number of nitrogens with zero attached hydrogens (tertiary/aromatic N) is 3. The number of hydrogen-bond donors (Lipinski definition) is 1. The van der Waals surface area contributed by atoms with Gasteiger partial charge in [0.05, 0.1) is 24.8 Å². The Hall–Kier alpha value is -2.54. The number of aromatic nitrogens is 2. The number of aliphatic hydroxyl groups is 1. The summed E-state index contributed by atoms with van der Waals surface area (Å²) >= 11 is 0. The molecule has 0 radical (unpaired) electrons. The van der Waals surface area contributed by atoms with E-state index < -0.39 is 17.8 Å². The second kappa shape index (κ2) is 6.52. The van der Waals surface area contributed by atoms with E-state index in [-0.39, 0.29) is 24.8 Å². The molecule has 0 saturated carbocycles. The molecule has 1 N–H and O–H groups in total. The van der Waals surface area contributed by atoms with Crippen molar-refractivity contribution in [1.29, 1.82) is 0 Å². The highest BCUT2D eigenvalue weighted by Crippen LogP contribution is 2.26. The lowest BCUT2D eigenvalue weighted by Crippen LogP contribution is -2.34. The third-order valence-electron chi connectivity index (χ3n) is 4.17. The van der Waals surface area contributed by atoms with Crippen LogP contribution in [0.5, 0.6) is 0 Å². The molecule has 1 fully saturated rings. The van der Waals surface area contributed by atoms with Gasteiger partial charge in [0.15, 0.2) is 0 Å². The number of halogens is 1. The Morgan fingerprint density at radius 3 is 2.88 bits per heavy atom. The molecule has 2 heterocycles. The molecule has 24 heavy (non-hydrogen) atoms. The average Bonchev–Trinajstić information content (AvgIpc) is 3.06. The number of aryl methyl sites for hydroxylation is 1. The number of benzene rings is 1. The molecule has 0 unspecified atom stereocenters. The van der Waals surface area contributed by atoms with Gasteiger partial charge in [-0.15, -0.1) is 0 Å². The highest BCUT2D eigenvalue weighted by Gasteiger charge is 2.39. The summed E-state index contributed by atoms with van der Waals surface area (Å²) in [5.41, 5.74) is 1.22. The van der Waals surface area contributed by atoms with Gasteiger partial charge < -0.3 is 5.11 Å². The van der Waals surface area contributed by atoms with E-state index in [1.165, 1.54) is 18.2 Å². The maximum atomic E-state index is 13.2. The van der Waals surface area contributed by atoms with Crippen LogP contribution < -0.4 is 0 Å². The van der Waals surface area contributed by atoms with Crippen molar-refractivity contribution in [2.45, 2.75) is 18.9 Å². The van der Waals surface area contributed by atoms with E-state index in [0.717, 1.165) is 10.5 Å². The summed E-state index contributed by atoms with van der Waals surface area (Å²) in [6, 6.07) is 5.51. The largest absolute Gasteiger partial charge is 0.387 e. The first-order chi connectivity index (χ1) is 11.4. The lowest BCUT2D eigenvalue weighted by Gasteiger charge is -2.19. The van der Waals surface area contributed by atoms with E-state index in [0.29, 0.717) is 12.0 Å². The second-order valence-corrected chi connectivity index (χ2v) is 6.04. The van der Waals surface area contributed by atoms with Crippen molar-refractivity contribution < 1.29 is 19.1 Å². The smallest absolute Gasteiger partial charge is 0.233 e. The summed E-state index contributed by atoms with van der Waals surface area (Å²) in [4.78, 5) is 25.6. The number of hydrogen-bond acceptors (Lipinski definition) is 4. The SMILES string of the molecule is Cn1cc(C[C@H]2CC(=O)N(C[C@@H](O)c3cccc(F)c3)C2=O)cn1. The molecule has 1 aliphatic rings. The van der Waals surface area contributed by atoms with Gasteiger partial charge in [-0.3, -0.25) is 19.2 Å². The number of rotatable bonds is 5. The second-order valence-electron chi connectivity index (χ2n) is 6.04. The van der Waals surface area contributed by atoms with Crippen LogP contribution in [0.1, 0.15) is 23.7 Å². The van der Waals surface area contributed by atoms with E-state index in [4.69, 9.17) is 0 Å². The van der Waals surface area contributed by atoms with Crippen LogP contribution in [-0.2, 0) is 23.1 Å². The number of imide groups is 1. The lowest BCUT2D eigenvalue weighted by molar-refractivity contribution is -0.141. The average molecular weight is 331 g/mol. The van der Waals surface area contributed by atoms with Crippen molar-refractivity contribution in [2.75, 3.05) is 6.54 Å². The van der Waals surface area contributed by atoms with Crippen molar-refractivity contribution in [3.05, 3.63) is 53.6 Å². The van der Waals surface area contributed by atoms with Gasteiger partial charge >= 0.3 is 0 Å². The van der Waals surface area contributed by atoms with Gasteiger partial charge in [0.1, 0.15) is 5.82 Å². The molecule has 1 aromatic heterocycles. The minimum Gasteiger partial charge on any atom is -0.387 e. The van der Waals surface area contributed by atoms with E-state index >= 15 is 0 Å². The summed E-state index contributed by atoms with van der Waals surface area (Å²) in [6.07, 6.45) is 2.92. The van der Waals surface area contributed by atoms with Crippen LogP contribution in [0.4, 0.5) is 4.39 Å². The molecular formula is C17H18FN3O3.